The molecule has 0 spiro atoms. The molecule has 2 rings (SSSR count). The summed E-state index contributed by atoms with van der Waals surface area (Å²) in [5, 5.41) is 10.8. The van der Waals surface area contributed by atoms with E-state index in [-0.39, 0.29) is 22.0 Å². The Kier molecular flexibility index (Phi) is 4.08. The number of nitrogens with zero attached hydrogens (tertiary/aromatic N) is 2. The smallest absolute Gasteiger partial charge is 0.271 e. The summed E-state index contributed by atoms with van der Waals surface area (Å²) in [6, 6.07) is 11.2. The van der Waals surface area contributed by atoms with Crippen LogP contribution in [-0.4, -0.2) is 20.5 Å². The molecule has 0 aliphatic rings. The molecule has 0 bridgehead atoms. The van der Waals surface area contributed by atoms with Crippen molar-refractivity contribution in [3.05, 3.63) is 63.4 Å². The third-order valence-corrected chi connectivity index (χ3v) is 3.91. The Bertz CT molecular complexity index is 759. The Morgan fingerprint density at radius 2 is 1.81 bits per heavy atom. The highest BCUT2D eigenvalue weighted by Crippen LogP contribution is 2.34. The number of rotatable bonds is 5. The lowest BCUT2D eigenvalue weighted by Crippen LogP contribution is -1.98. The Morgan fingerprint density at radius 3 is 2.38 bits per heavy atom. The molecular formula is C13H11N2O5S-. The first-order chi connectivity index (χ1) is 9.92. The summed E-state index contributed by atoms with van der Waals surface area (Å²) in [6.07, 6.45) is 0. The minimum atomic E-state index is -3.93. The second-order valence-corrected chi connectivity index (χ2v) is 5.63. The van der Waals surface area contributed by atoms with Crippen molar-refractivity contribution in [3.63, 3.8) is 0 Å². The molecule has 0 aliphatic heterocycles. The minimum Gasteiger partial charge on any atom is -0.572 e. The van der Waals surface area contributed by atoms with Crippen LogP contribution >= 0.6 is 0 Å². The summed E-state index contributed by atoms with van der Waals surface area (Å²) in [7, 11) is -2.61. The van der Waals surface area contributed by atoms with E-state index < -0.39 is 14.9 Å². The highest BCUT2D eigenvalue weighted by Gasteiger charge is 2.09. The lowest BCUT2D eigenvalue weighted by molar-refractivity contribution is -0.384. The van der Waals surface area contributed by atoms with E-state index in [9.17, 15) is 18.5 Å². The van der Waals surface area contributed by atoms with Gasteiger partial charge in [0.15, 0.2) is 0 Å². The maximum atomic E-state index is 12.1. The van der Waals surface area contributed by atoms with Gasteiger partial charge in [0.05, 0.1) is 23.0 Å². The van der Waals surface area contributed by atoms with Crippen molar-refractivity contribution >= 4 is 21.4 Å². The largest absolute Gasteiger partial charge is 0.572 e. The van der Waals surface area contributed by atoms with Crippen molar-refractivity contribution in [2.45, 2.75) is 4.90 Å². The molecule has 0 saturated carbocycles. The molecule has 2 aromatic carbocycles. The van der Waals surface area contributed by atoms with Gasteiger partial charge < -0.3 is 9.46 Å². The number of hydrogen-bond donors (Lipinski definition) is 0. The van der Waals surface area contributed by atoms with E-state index in [2.05, 4.69) is 4.72 Å². The number of ether oxygens (including phenoxy) is 1. The van der Waals surface area contributed by atoms with Gasteiger partial charge >= 0.3 is 0 Å². The Hall–Kier alpha value is -2.61. The zero-order valence-corrected chi connectivity index (χ0v) is 11.8. The first-order valence-electron chi connectivity index (χ1n) is 5.79. The van der Waals surface area contributed by atoms with Crippen LogP contribution < -0.4 is 4.74 Å². The van der Waals surface area contributed by atoms with Crippen LogP contribution in [0.5, 0.6) is 5.75 Å². The summed E-state index contributed by atoms with van der Waals surface area (Å²) in [5.74, 6) is 0.159. The van der Waals surface area contributed by atoms with E-state index in [0.717, 1.165) is 6.07 Å². The monoisotopic (exact) mass is 307 g/mol. The average Bonchev–Trinajstić information content (AvgIpc) is 2.47. The number of nitro benzene ring substituents is 1. The van der Waals surface area contributed by atoms with Crippen LogP contribution in [0.1, 0.15) is 0 Å². The van der Waals surface area contributed by atoms with Gasteiger partial charge in [-0.3, -0.25) is 10.1 Å². The second-order valence-electron chi connectivity index (χ2n) is 4.03. The predicted molar refractivity (Wildman–Crippen MR) is 76.3 cm³/mol. The standard InChI is InChI=1S/C13H11N2O5S/c1-20-12-8-10(7-11(9-12)15(16)17)14-21(18,19)13-5-3-2-4-6-13/h2-9H,1H3/q-1. The Balaban J connectivity index is 2.39. The lowest BCUT2D eigenvalue weighted by atomic mass is 10.2. The van der Waals surface area contributed by atoms with Crippen LogP contribution in [0, 0.1) is 10.1 Å². The number of hydrogen-bond acceptors (Lipinski definition) is 5. The van der Waals surface area contributed by atoms with Gasteiger partial charge in [-0.1, -0.05) is 18.2 Å². The molecule has 0 atom stereocenters. The zero-order valence-electron chi connectivity index (χ0n) is 11.0. The van der Waals surface area contributed by atoms with Gasteiger partial charge in [0.2, 0.25) is 0 Å². The van der Waals surface area contributed by atoms with Crippen molar-refractivity contribution < 1.29 is 18.1 Å². The third kappa shape index (κ3) is 3.48. The molecule has 0 fully saturated rings. The van der Waals surface area contributed by atoms with Crippen LogP contribution in [0.15, 0.2) is 53.4 Å². The van der Waals surface area contributed by atoms with Crippen LogP contribution in [0.4, 0.5) is 11.4 Å². The molecule has 0 heterocycles. The minimum absolute atomic E-state index is 0.00970. The molecule has 0 saturated heterocycles. The van der Waals surface area contributed by atoms with Gasteiger partial charge in [-0.2, -0.15) is 0 Å². The number of methoxy groups -OCH3 is 1. The van der Waals surface area contributed by atoms with E-state index >= 15 is 0 Å². The van der Waals surface area contributed by atoms with Crippen molar-refractivity contribution in [1.29, 1.82) is 0 Å². The van der Waals surface area contributed by atoms with E-state index in [1.54, 1.807) is 18.2 Å². The number of sulfonamides is 1. The van der Waals surface area contributed by atoms with Crippen molar-refractivity contribution in [2.24, 2.45) is 0 Å². The molecule has 7 nitrogen and oxygen atoms in total. The van der Waals surface area contributed by atoms with Gasteiger partial charge in [0.25, 0.3) is 5.69 Å². The molecular weight excluding hydrogens is 296 g/mol. The fourth-order valence-corrected chi connectivity index (χ4v) is 2.62. The molecule has 0 N–H and O–H groups in total. The number of nitro groups is 1. The Morgan fingerprint density at radius 1 is 1.14 bits per heavy atom. The summed E-state index contributed by atoms with van der Waals surface area (Å²) < 4.78 is 32.7. The summed E-state index contributed by atoms with van der Waals surface area (Å²) in [4.78, 5) is 10.2. The topological polar surface area (TPSA) is 101 Å². The quantitative estimate of drug-likeness (QED) is 0.624. The predicted octanol–water partition coefficient (Wildman–Crippen LogP) is 3.00. The van der Waals surface area contributed by atoms with Crippen LogP contribution in [0.3, 0.4) is 0 Å². The normalized spacial score (nSPS) is 10.9. The molecule has 0 amide bonds. The lowest BCUT2D eigenvalue weighted by Gasteiger charge is -2.22. The molecule has 0 aliphatic carbocycles. The summed E-state index contributed by atoms with van der Waals surface area (Å²) >= 11 is 0. The van der Waals surface area contributed by atoms with Gasteiger partial charge in [0, 0.05) is 6.07 Å². The number of benzene rings is 2. The molecule has 0 unspecified atom stereocenters. The highest BCUT2D eigenvalue weighted by molar-refractivity contribution is 7.94. The maximum Gasteiger partial charge on any atom is 0.271 e. The van der Waals surface area contributed by atoms with Crippen LogP contribution in [-0.2, 0) is 10.0 Å². The van der Waals surface area contributed by atoms with Gasteiger partial charge in [0.1, 0.15) is 15.8 Å². The first kappa shape index (κ1) is 14.8. The van der Waals surface area contributed by atoms with E-state index in [1.807, 2.05) is 0 Å². The van der Waals surface area contributed by atoms with Gasteiger partial charge in [-0.15, -0.1) is 5.69 Å². The Labute approximate surface area is 121 Å². The molecule has 0 aromatic heterocycles. The number of non-ortho nitro benzene ring substituents is 1. The van der Waals surface area contributed by atoms with Crippen molar-refractivity contribution in [1.82, 2.24) is 0 Å². The van der Waals surface area contributed by atoms with E-state index in [4.69, 9.17) is 4.74 Å². The highest BCUT2D eigenvalue weighted by atomic mass is 32.2. The molecule has 8 heteroatoms. The third-order valence-electron chi connectivity index (χ3n) is 2.59. The van der Waals surface area contributed by atoms with Gasteiger partial charge in [-0.25, -0.2) is 8.42 Å². The van der Waals surface area contributed by atoms with Crippen LogP contribution in [0.25, 0.3) is 4.72 Å². The van der Waals surface area contributed by atoms with Crippen molar-refractivity contribution in [3.8, 4) is 5.75 Å². The first-order valence-corrected chi connectivity index (χ1v) is 7.23. The van der Waals surface area contributed by atoms with Crippen LogP contribution in [0.2, 0.25) is 0 Å². The average molecular weight is 307 g/mol. The molecule has 110 valence electrons. The fraction of sp³-hybridized carbons (Fsp3) is 0.0769. The maximum absolute atomic E-state index is 12.1. The summed E-state index contributed by atoms with van der Waals surface area (Å²) in [6.45, 7) is 0. The molecule has 2 aromatic rings. The van der Waals surface area contributed by atoms with E-state index in [0.29, 0.717) is 0 Å². The summed E-state index contributed by atoms with van der Waals surface area (Å²) in [5.41, 5.74) is -0.360. The SMILES string of the molecule is COc1cc([N-]S(=O)(=O)c2ccccc2)cc([N+](=O)[O-])c1. The molecule has 21 heavy (non-hydrogen) atoms. The van der Waals surface area contributed by atoms with Crippen molar-refractivity contribution in [2.75, 3.05) is 7.11 Å². The van der Waals surface area contributed by atoms with Gasteiger partial charge in [-0.05, 0) is 18.2 Å². The fourth-order valence-electron chi connectivity index (χ4n) is 1.63. The zero-order chi connectivity index (χ0) is 15.5. The molecule has 0 radical (unpaired) electrons. The second kappa shape index (κ2) is 5.80. The van der Waals surface area contributed by atoms with E-state index in [1.165, 1.54) is 31.4 Å².